The minimum Gasteiger partial charge on any atom is -0.459 e. The second-order valence-corrected chi connectivity index (χ2v) is 7.67. The molecule has 2 N–H and O–H groups in total. The van der Waals surface area contributed by atoms with Crippen molar-refractivity contribution in [1.29, 1.82) is 0 Å². The van der Waals surface area contributed by atoms with Crippen molar-refractivity contribution < 1.29 is 23.5 Å². The summed E-state index contributed by atoms with van der Waals surface area (Å²) in [5.41, 5.74) is 2.24. The topological polar surface area (TPSA) is 87.7 Å². The van der Waals surface area contributed by atoms with Gasteiger partial charge in [0.25, 0.3) is 5.91 Å². The SMILES string of the molecule is CCN1C(=O)NC(c2cccc(NC(=O)c3ccc(F)cc3)c2)C(C(=O)OC(C)C)=C1C. The van der Waals surface area contributed by atoms with Crippen LogP contribution in [0.15, 0.2) is 59.8 Å². The Labute approximate surface area is 186 Å². The molecule has 1 aliphatic rings. The van der Waals surface area contributed by atoms with Crippen molar-refractivity contribution in [2.45, 2.75) is 39.8 Å². The molecule has 1 aliphatic heterocycles. The predicted molar refractivity (Wildman–Crippen MR) is 118 cm³/mol. The number of anilines is 1. The van der Waals surface area contributed by atoms with E-state index in [0.29, 0.717) is 34.6 Å². The van der Waals surface area contributed by atoms with Crippen LogP contribution in [-0.2, 0) is 9.53 Å². The van der Waals surface area contributed by atoms with Crippen LogP contribution in [0.4, 0.5) is 14.9 Å². The number of benzene rings is 2. The number of hydrogen-bond acceptors (Lipinski definition) is 4. The lowest BCUT2D eigenvalue weighted by atomic mass is 9.94. The Morgan fingerprint density at radius 1 is 1.19 bits per heavy atom. The normalized spacial score (nSPS) is 16.1. The number of nitrogens with one attached hydrogen (secondary N) is 2. The van der Waals surface area contributed by atoms with Gasteiger partial charge in [-0.3, -0.25) is 9.69 Å². The van der Waals surface area contributed by atoms with E-state index in [0.717, 1.165) is 0 Å². The lowest BCUT2D eigenvalue weighted by Crippen LogP contribution is -2.48. The Bertz CT molecular complexity index is 1060. The molecule has 8 heteroatoms. The molecule has 168 valence electrons. The first kappa shape index (κ1) is 23.0. The molecule has 0 fully saturated rings. The summed E-state index contributed by atoms with van der Waals surface area (Å²) in [4.78, 5) is 39.5. The number of halogens is 1. The maximum absolute atomic E-state index is 13.1. The third-order valence-corrected chi connectivity index (χ3v) is 5.06. The average Bonchev–Trinajstić information content (AvgIpc) is 2.73. The minimum atomic E-state index is -0.737. The Hall–Kier alpha value is -3.68. The van der Waals surface area contributed by atoms with Crippen molar-refractivity contribution in [1.82, 2.24) is 10.2 Å². The fourth-order valence-corrected chi connectivity index (χ4v) is 3.55. The summed E-state index contributed by atoms with van der Waals surface area (Å²) in [5, 5.41) is 5.62. The van der Waals surface area contributed by atoms with Crippen LogP contribution < -0.4 is 10.6 Å². The molecule has 1 atom stereocenters. The number of esters is 1. The number of hydrogen-bond donors (Lipinski definition) is 2. The van der Waals surface area contributed by atoms with Gasteiger partial charge >= 0.3 is 12.0 Å². The largest absolute Gasteiger partial charge is 0.459 e. The highest BCUT2D eigenvalue weighted by atomic mass is 19.1. The van der Waals surface area contributed by atoms with Crippen LogP contribution in [0.3, 0.4) is 0 Å². The first-order valence-corrected chi connectivity index (χ1v) is 10.4. The van der Waals surface area contributed by atoms with Crippen LogP contribution >= 0.6 is 0 Å². The Kier molecular flexibility index (Phi) is 6.92. The molecule has 2 aromatic rings. The second-order valence-electron chi connectivity index (χ2n) is 7.67. The summed E-state index contributed by atoms with van der Waals surface area (Å²) in [6.45, 7) is 7.45. The van der Waals surface area contributed by atoms with Crippen LogP contribution in [0.5, 0.6) is 0 Å². The van der Waals surface area contributed by atoms with Gasteiger partial charge in [0, 0.05) is 23.5 Å². The molecule has 1 unspecified atom stereocenters. The smallest absolute Gasteiger partial charge is 0.338 e. The molecule has 2 aromatic carbocycles. The number of carbonyl (C=O) groups excluding carboxylic acids is 3. The van der Waals surface area contributed by atoms with Crippen molar-refractivity contribution in [2.24, 2.45) is 0 Å². The summed E-state index contributed by atoms with van der Waals surface area (Å²) >= 11 is 0. The monoisotopic (exact) mass is 439 g/mol. The summed E-state index contributed by atoms with van der Waals surface area (Å²) in [6.07, 6.45) is -0.322. The van der Waals surface area contributed by atoms with E-state index in [1.165, 1.54) is 29.2 Å². The van der Waals surface area contributed by atoms with E-state index in [9.17, 15) is 18.8 Å². The van der Waals surface area contributed by atoms with Gasteiger partial charge in [0.05, 0.1) is 17.7 Å². The van der Waals surface area contributed by atoms with Gasteiger partial charge in [-0.1, -0.05) is 12.1 Å². The molecule has 0 aliphatic carbocycles. The molecule has 1 heterocycles. The number of ether oxygens (including phenoxy) is 1. The Morgan fingerprint density at radius 2 is 1.88 bits per heavy atom. The Balaban J connectivity index is 1.93. The molecule has 0 saturated carbocycles. The van der Waals surface area contributed by atoms with E-state index in [4.69, 9.17) is 4.74 Å². The molecule has 3 amide bonds. The zero-order valence-electron chi connectivity index (χ0n) is 18.4. The van der Waals surface area contributed by atoms with E-state index in [2.05, 4.69) is 10.6 Å². The van der Waals surface area contributed by atoms with Gasteiger partial charge in [0.2, 0.25) is 0 Å². The van der Waals surface area contributed by atoms with Crippen molar-refractivity contribution >= 4 is 23.6 Å². The van der Waals surface area contributed by atoms with E-state index in [-0.39, 0.29) is 12.1 Å². The molecule has 0 bridgehead atoms. The van der Waals surface area contributed by atoms with Gasteiger partial charge in [0.15, 0.2) is 0 Å². The number of allylic oxidation sites excluding steroid dienone is 1. The van der Waals surface area contributed by atoms with E-state index in [1.807, 2.05) is 6.92 Å². The van der Waals surface area contributed by atoms with Crippen molar-refractivity contribution in [3.05, 3.63) is 76.7 Å². The summed E-state index contributed by atoms with van der Waals surface area (Å²) in [7, 11) is 0. The molecule has 0 saturated heterocycles. The lowest BCUT2D eigenvalue weighted by Gasteiger charge is -2.35. The number of urea groups is 1. The summed E-state index contributed by atoms with van der Waals surface area (Å²) in [6, 6.07) is 11.0. The van der Waals surface area contributed by atoms with Gasteiger partial charge in [-0.15, -0.1) is 0 Å². The van der Waals surface area contributed by atoms with Crippen LogP contribution in [-0.4, -0.2) is 35.5 Å². The molecule has 0 aromatic heterocycles. The molecule has 32 heavy (non-hydrogen) atoms. The fraction of sp³-hybridized carbons (Fsp3) is 0.292. The van der Waals surface area contributed by atoms with E-state index < -0.39 is 23.7 Å². The van der Waals surface area contributed by atoms with Crippen LogP contribution in [0.25, 0.3) is 0 Å². The highest BCUT2D eigenvalue weighted by molar-refractivity contribution is 6.04. The quantitative estimate of drug-likeness (QED) is 0.654. The number of rotatable bonds is 6. The van der Waals surface area contributed by atoms with Gasteiger partial charge < -0.3 is 15.4 Å². The molecule has 0 radical (unpaired) electrons. The number of carbonyl (C=O) groups is 3. The highest BCUT2D eigenvalue weighted by Gasteiger charge is 2.36. The maximum atomic E-state index is 13.1. The molecule has 3 rings (SSSR count). The Morgan fingerprint density at radius 3 is 2.50 bits per heavy atom. The van der Waals surface area contributed by atoms with Gasteiger partial charge in [-0.2, -0.15) is 0 Å². The zero-order chi connectivity index (χ0) is 23.4. The van der Waals surface area contributed by atoms with Crippen LogP contribution in [0, 0.1) is 5.82 Å². The third kappa shape index (κ3) is 4.96. The van der Waals surface area contributed by atoms with Gasteiger partial charge in [-0.05, 0) is 69.7 Å². The minimum absolute atomic E-state index is 0.304. The van der Waals surface area contributed by atoms with Gasteiger partial charge in [0.1, 0.15) is 5.82 Å². The van der Waals surface area contributed by atoms with Crippen molar-refractivity contribution in [3.63, 3.8) is 0 Å². The second kappa shape index (κ2) is 9.64. The predicted octanol–water partition coefficient (Wildman–Crippen LogP) is 4.39. The van der Waals surface area contributed by atoms with E-state index >= 15 is 0 Å². The molecular formula is C24H26FN3O4. The first-order chi connectivity index (χ1) is 15.2. The maximum Gasteiger partial charge on any atom is 0.338 e. The summed E-state index contributed by atoms with van der Waals surface area (Å²) < 4.78 is 18.5. The average molecular weight is 439 g/mol. The highest BCUT2D eigenvalue weighted by Crippen LogP contribution is 2.32. The number of nitrogens with zero attached hydrogens (tertiary/aromatic N) is 1. The summed E-state index contributed by atoms with van der Waals surface area (Å²) in [5.74, 6) is -1.35. The van der Waals surface area contributed by atoms with Gasteiger partial charge in [-0.25, -0.2) is 14.0 Å². The number of amides is 3. The molecule has 0 spiro atoms. The standard InChI is InChI=1S/C24H26FN3O4/c1-5-28-15(4)20(23(30)32-14(2)3)21(27-24(28)31)17-7-6-8-19(13-17)26-22(29)16-9-11-18(25)12-10-16/h6-14,21H,5H2,1-4H3,(H,26,29)(H,27,31). The molecule has 7 nitrogen and oxygen atoms in total. The fourth-order valence-electron chi connectivity index (χ4n) is 3.55. The van der Waals surface area contributed by atoms with Crippen LogP contribution in [0.2, 0.25) is 0 Å². The molecular weight excluding hydrogens is 413 g/mol. The van der Waals surface area contributed by atoms with Crippen molar-refractivity contribution in [3.8, 4) is 0 Å². The first-order valence-electron chi connectivity index (χ1n) is 10.4. The third-order valence-electron chi connectivity index (χ3n) is 5.06. The van der Waals surface area contributed by atoms with E-state index in [1.54, 1.807) is 45.0 Å². The zero-order valence-corrected chi connectivity index (χ0v) is 18.4. The van der Waals surface area contributed by atoms with Crippen molar-refractivity contribution in [2.75, 3.05) is 11.9 Å². The lowest BCUT2D eigenvalue weighted by molar-refractivity contribution is -0.143. The van der Waals surface area contributed by atoms with Crippen LogP contribution in [0.1, 0.15) is 49.7 Å².